The van der Waals surface area contributed by atoms with Gasteiger partial charge in [0.05, 0.1) is 12.8 Å². The maximum absolute atomic E-state index is 10.3. The Morgan fingerprint density at radius 3 is 1.09 bits per heavy atom. The van der Waals surface area contributed by atoms with Gasteiger partial charge >= 0.3 is 29.8 Å². The second-order valence-corrected chi connectivity index (χ2v) is 4.04. The van der Waals surface area contributed by atoms with Crippen molar-refractivity contribution in [2.45, 2.75) is 30.7 Å². The molecule has 0 aromatic heterocycles. The second kappa shape index (κ2) is 9.29. The van der Waals surface area contributed by atoms with Gasteiger partial charge in [0.2, 0.25) is 0 Å². The van der Waals surface area contributed by atoms with Crippen molar-refractivity contribution in [2.24, 2.45) is 0 Å². The fourth-order valence-corrected chi connectivity index (χ4v) is 0.984. The lowest BCUT2D eigenvalue weighted by Gasteiger charge is -2.18. The largest absolute Gasteiger partial charge is 0.481 e. The topological polar surface area (TPSA) is 247 Å². The Balaban J connectivity index is 0. The third kappa shape index (κ3) is 8.97. The number of hydrogen-bond acceptors (Lipinski definition) is 8. The van der Waals surface area contributed by atoms with Crippen molar-refractivity contribution >= 4 is 29.8 Å². The summed E-state index contributed by atoms with van der Waals surface area (Å²) >= 11 is 0. The van der Waals surface area contributed by atoms with E-state index < -0.39 is 60.5 Å². The van der Waals surface area contributed by atoms with E-state index in [0.29, 0.717) is 0 Å². The molecule has 0 saturated heterocycles. The molecule has 2 atom stereocenters. The standard InChI is InChI=1S/C6H8O7.C4H6O6/c7-3(8)1-6(13,5(11)12)2-4(9)10;5-1(3(7)8)2(6)4(9)10/h13H,1-2H2,(H,7,8)(H,9,10)(H,11,12);1-2,5-6H,(H,7,8)(H,9,10). The predicted octanol–water partition coefficient (Wildman–Crippen LogP) is -3.37. The van der Waals surface area contributed by atoms with Crippen LogP contribution in [0.5, 0.6) is 0 Å². The van der Waals surface area contributed by atoms with Crippen LogP contribution in [0.15, 0.2) is 0 Å². The first-order valence-corrected chi connectivity index (χ1v) is 5.45. The molecular weight excluding hydrogens is 328 g/mol. The van der Waals surface area contributed by atoms with Crippen LogP contribution in [0.3, 0.4) is 0 Å². The van der Waals surface area contributed by atoms with Crippen molar-refractivity contribution in [3.05, 3.63) is 0 Å². The monoisotopic (exact) mass is 342 g/mol. The fourth-order valence-electron chi connectivity index (χ4n) is 0.984. The van der Waals surface area contributed by atoms with Crippen LogP contribution < -0.4 is 0 Å². The molecule has 0 saturated carbocycles. The first-order valence-electron chi connectivity index (χ1n) is 5.45. The quantitative estimate of drug-likeness (QED) is 0.215. The third-order valence-electron chi connectivity index (χ3n) is 2.09. The molecule has 13 heteroatoms. The number of carboxylic acid groups (broad SMARTS) is 5. The van der Waals surface area contributed by atoms with Crippen LogP contribution >= 0.6 is 0 Å². The maximum Gasteiger partial charge on any atom is 0.336 e. The van der Waals surface area contributed by atoms with Gasteiger partial charge in [-0.15, -0.1) is 0 Å². The molecule has 0 aromatic rings. The highest BCUT2D eigenvalue weighted by atomic mass is 16.4. The van der Waals surface area contributed by atoms with Gasteiger partial charge in [-0.2, -0.15) is 0 Å². The van der Waals surface area contributed by atoms with Gasteiger partial charge in [0.25, 0.3) is 0 Å². The average molecular weight is 342 g/mol. The zero-order chi connectivity index (χ0) is 19.0. The van der Waals surface area contributed by atoms with Crippen LogP contribution in [0.1, 0.15) is 12.8 Å². The number of aliphatic hydroxyl groups excluding tert-OH is 2. The van der Waals surface area contributed by atoms with Gasteiger partial charge < -0.3 is 40.9 Å². The lowest BCUT2D eigenvalue weighted by Crippen LogP contribution is -2.42. The molecule has 0 amide bonds. The van der Waals surface area contributed by atoms with Crippen LogP contribution in [0.4, 0.5) is 0 Å². The number of carboxylic acids is 5. The van der Waals surface area contributed by atoms with E-state index in [9.17, 15) is 24.0 Å². The summed E-state index contributed by atoms with van der Waals surface area (Å²) in [4.78, 5) is 50.0. The molecule has 0 spiro atoms. The molecule has 13 nitrogen and oxygen atoms in total. The minimum atomic E-state index is -2.74. The predicted molar refractivity (Wildman–Crippen MR) is 64.4 cm³/mol. The van der Waals surface area contributed by atoms with Crippen LogP contribution in [0, 0.1) is 0 Å². The van der Waals surface area contributed by atoms with Crippen molar-refractivity contribution in [3.8, 4) is 0 Å². The highest BCUT2D eigenvalue weighted by molar-refractivity contribution is 5.88. The summed E-state index contributed by atoms with van der Waals surface area (Å²) in [5.74, 6) is -8.56. The van der Waals surface area contributed by atoms with Crippen molar-refractivity contribution in [2.75, 3.05) is 0 Å². The Morgan fingerprint density at radius 1 is 0.696 bits per heavy atom. The molecule has 0 aliphatic rings. The van der Waals surface area contributed by atoms with Crippen molar-refractivity contribution in [1.29, 1.82) is 0 Å². The molecule has 8 N–H and O–H groups in total. The van der Waals surface area contributed by atoms with Gasteiger partial charge in [-0.05, 0) is 0 Å². The molecular formula is C10H14O13. The Bertz CT molecular complexity index is 447. The number of rotatable bonds is 8. The zero-order valence-corrected chi connectivity index (χ0v) is 11.2. The van der Waals surface area contributed by atoms with Gasteiger partial charge in [0.1, 0.15) is 0 Å². The summed E-state index contributed by atoms with van der Waals surface area (Å²) in [6.07, 6.45) is -6.82. The molecule has 0 fully saturated rings. The van der Waals surface area contributed by atoms with Gasteiger partial charge in [-0.25, -0.2) is 14.4 Å². The minimum Gasteiger partial charge on any atom is -0.481 e. The number of aliphatic carboxylic acids is 5. The van der Waals surface area contributed by atoms with Crippen LogP contribution in [0.2, 0.25) is 0 Å². The molecule has 2 unspecified atom stereocenters. The van der Waals surface area contributed by atoms with E-state index in [4.69, 9.17) is 40.9 Å². The highest BCUT2D eigenvalue weighted by Gasteiger charge is 2.40. The van der Waals surface area contributed by atoms with Gasteiger partial charge in [0, 0.05) is 0 Å². The molecule has 0 radical (unpaired) electrons. The number of carbonyl (C=O) groups is 5. The molecule has 0 aromatic carbocycles. The molecule has 132 valence electrons. The summed E-state index contributed by atoms with van der Waals surface area (Å²) in [6.45, 7) is 0. The summed E-state index contributed by atoms with van der Waals surface area (Å²) in [5, 5.41) is 66.3. The van der Waals surface area contributed by atoms with Crippen molar-refractivity contribution in [3.63, 3.8) is 0 Å². The normalized spacial score (nSPS) is 13.0. The Hall–Kier alpha value is -2.77. The summed E-state index contributed by atoms with van der Waals surface area (Å²) in [6, 6.07) is 0. The Kier molecular flexibility index (Phi) is 9.09. The van der Waals surface area contributed by atoms with Crippen molar-refractivity contribution < 1.29 is 64.8 Å². The minimum absolute atomic E-state index is 1.14. The smallest absolute Gasteiger partial charge is 0.336 e. The molecule has 23 heavy (non-hydrogen) atoms. The van der Waals surface area contributed by atoms with E-state index in [1.807, 2.05) is 0 Å². The first kappa shape index (κ1) is 22.5. The van der Waals surface area contributed by atoms with E-state index in [1.165, 1.54) is 0 Å². The van der Waals surface area contributed by atoms with E-state index >= 15 is 0 Å². The molecule has 0 aliphatic carbocycles. The average Bonchev–Trinajstić information content (AvgIpc) is 2.35. The molecule has 0 rings (SSSR count). The molecule has 0 heterocycles. The maximum atomic E-state index is 10.3. The zero-order valence-electron chi connectivity index (χ0n) is 11.2. The lowest BCUT2D eigenvalue weighted by atomic mass is 9.96. The molecule has 0 aliphatic heterocycles. The molecule has 0 bridgehead atoms. The summed E-state index contributed by atoms with van der Waals surface area (Å²) < 4.78 is 0. The van der Waals surface area contributed by atoms with Gasteiger partial charge in [-0.3, -0.25) is 9.59 Å². The second-order valence-electron chi connectivity index (χ2n) is 4.04. The van der Waals surface area contributed by atoms with E-state index in [1.54, 1.807) is 0 Å². The van der Waals surface area contributed by atoms with E-state index in [-0.39, 0.29) is 0 Å². The number of hydrogen-bond donors (Lipinski definition) is 8. The SMILES string of the molecule is O=C(O)C(O)C(O)C(=O)O.O=C(O)CC(O)(CC(=O)O)C(=O)O. The van der Waals surface area contributed by atoms with Gasteiger partial charge in [0.15, 0.2) is 17.8 Å². The van der Waals surface area contributed by atoms with E-state index in [0.717, 1.165) is 0 Å². The van der Waals surface area contributed by atoms with Crippen molar-refractivity contribution in [1.82, 2.24) is 0 Å². The Labute approximate surface area is 126 Å². The summed E-state index contributed by atoms with van der Waals surface area (Å²) in [5.41, 5.74) is -2.74. The Morgan fingerprint density at radius 2 is 0.957 bits per heavy atom. The van der Waals surface area contributed by atoms with Crippen LogP contribution in [-0.2, 0) is 24.0 Å². The first-order chi connectivity index (χ1) is 10.2. The summed E-state index contributed by atoms with van der Waals surface area (Å²) in [7, 11) is 0. The fraction of sp³-hybridized carbons (Fsp3) is 0.500. The van der Waals surface area contributed by atoms with Gasteiger partial charge in [-0.1, -0.05) is 0 Å². The van der Waals surface area contributed by atoms with Crippen LogP contribution in [-0.4, -0.2) is 88.5 Å². The van der Waals surface area contributed by atoms with Crippen LogP contribution in [0.25, 0.3) is 0 Å². The lowest BCUT2D eigenvalue weighted by molar-refractivity contribution is -0.170. The third-order valence-corrected chi connectivity index (χ3v) is 2.09. The van der Waals surface area contributed by atoms with E-state index in [2.05, 4.69) is 0 Å². The number of aliphatic hydroxyl groups is 3. The highest BCUT2D eigenvalue weighted by Crippen LogP contribution is 2.15.